The van der Waals surface area contributed by atoms with E-state index in [1.807, 2.05) is 0 Å². The second-order valence-electron chi connectivity index (χ2n) is 4.18. The van der Waals surface area contributed by atoms with E-state index in [0.29, 0.717) is 6.42 Å². The Labute approximate surface area is 112 Å². The van der Waals surface area contributed by atoms with Crippen molar-refractivity contribution in [3.63, 3.8) is 0 Å². The average Bonchev–Trinajstić information content (AvgIpc) is 2.31. The second kappa shape index (κ2) is 18.7. The summed E-state index contributed by atoms with van der Waals surface area (Å²) in [4.78, 5) is 12.4. The van der Waals surface area contributed by atoms with E-state index in [1.165, 1.54) is 38.9 Å². The molecule has 3 nitrogen and oxygen atoms in total. The zero-order chi connectivity index (χ0) is 13.5. The van der Waals surface area contributed by atoms with Crippen LogP contribution >= 0.6 is 0 Å². The maximum atomic E-state index is 10.0. The molecule has 0 aliphatic rings. The molecule has 0 bridgehead atoms. The van der Waals surface area contributed by atoms with Gasteiger partial charge in [-0.3, -0.25) is 9.50 Å². The van der Waals surface area contributed by atoms with E-state index in [-0.39, 0.29) is 4.70 Å². The van der Waals surface area contributed by atoms with Crippen LogP contribution in [0.25, 0.3) is 0 Å². The Hall–Kier alpha value is -0.640. The largest absolute Gasteiger partial charge is 0.481 e. The van der Waals surface area contributed by atoms with Gasteiger partial charge in [-0.15, -0.1) is 0 Å². The fourth-order valence-corrected chi connectivity index (χ4v) is 1.55. The lowest BCUT2D eigenvalue weighted by Crippen LogP contribution is -2.21. The Morgan fingerprint density at radius 1 is 0.889 bits per heavy atom. The lowest BCUT2D eigenvalue weighted by molar-refractivity contribution is -0.137. The number of carbonyl (C=O) groups is 1. The fraction of sp³-hybridized carbons (Fsp3) is 0.929. The summed E-state index contributed by atoms with van der Waals surface area (Å²) in [6, 6.07) is 0. The first kappa shape index (κ1) is 22.5. The summed E-state index contributed by atoms with van der Waals surface area (Å²) < 4.78 is 0. The van der Waals surface area contributed by atoms with Crippen LogP contribution < -0.4 is 0 Å². The van der Waals surface area contributed by atoms with Crippen molar-refractivity contribution >= 4 is 5.97 Å². The van der Waals surface area contributed by atoms with Crippen LogP contribution in [0.5, 0.6) is 0 Å². The van der Waals surface area contributed by atoms with Gasteiger partial charge < -0.3 is 10.0 Å². The molecule has 4 heteroatoms. The third-order valence-corrected chi connectivity index (χ3v) is 2.84. The Bertz CT molecular complexity index is 156. The average molecular weight is 265 g/mol. The zero-order valence-electron chi connectivity index (χ0n) is 12.6. The van der Waals surface area contributed by atoms with Gasteiger partial charge in [0, 0.05) is 6.42 Å². The van der Waals surface area contributed by atoms with Crippen molar-refractivity contribution in [2.24, 2.45) is 0 Å². The summed E-state index contributed by atoms with van der Waals surface area (Å²) in [5, 5.41) is 8.27. The fourth-order valence-electron chi connectivity index (χ4n) is 1.55. The molecule has 0 aromatic carbocycles. The van der Waals surface area contributed by atoms with E-state index in [4.69, 9.17) is 5.11 Å². The maximum absolute atomic E-state index is 10.0. The molecule has 0 aliphatic carbocycles. The first-order chi connectivity index (χ1) is 8.12. The smallest absolute Gasteiger partial charge is 0.303 e. The molecule has 0 atom stereocenters. The summed E-state index contributed by atoms with van der Waals surface area (Å²) in [6.07, 6.45) is 5.88. The summed E-state index contributed by atoms with van der Waals surface area (Å²) in [6.45, 7) is 12.3. The summed E-state index contributed by atoms with van der Waals surface area (Å²) >= 11 is 0. The van der Waals surface area contributed by atoms with E-state index in [9.17, 15) is 4.79 Å². The first-order valence-electron chi connectivity index (χ1n) is 7.06. The van der Waals surface area contributed by atoms with Crippen molar-refractivity contribution in [1.29, 1.82) is 0 Å². The highest BCUT2D eigenvalue weighted by Gasteiger charge is 1.94. The molecule has 0 radical (unpaired) electrons. The third-order valence-electron chi connectivity index (χ3n) is 2.84. The Morgan fingerprint density at radius 3 is 1.61 bits per heavy atom. The normalized spacial score (nSPS) is 9.39. The van der Waals surface area contributed by atoms with Gasteiger partial charge in [-0.25, -0.2) is 0 Å². The van der Waals surface area contributed by atoms with Gasteiger partial charge in [-0.1, -0.05) is 53.4 Å². The minimum absolute atomic E-state index is 0. The van der Waals surface area contributed by atoms with Gasteiger partial charge in [0.15, 0.2) is 0 Å². The molecule has 0 aliphatic heterocycles. The number of carboxylic acid groups (broad SMARTS) is 1. The van der Waals surface area contributed by atoms with Crippen LogP contribution in [0.3, 0.4) is 0 Å². The van der Waals surface area contributed by atoms with Gasteiger partial charge in [-0.2, -0.15) is 0 Å². The summed E-state index contributed by atoms with van der Waals surface area (Å²) in [5.74, 6) is -0.670. The third kappa shape index (κ3) is 20.7. The molecule has 18 heavy (non-hydrogen) atoms. The molecule has 0 aromatic heterocycles. The van der Waals surface area contributed by atoms with Crippen LogP contribution in [0.4, 0.5) is 4.70 Å². The highest BCUT2D eigenvalue weighted by molar-refractivity contribution is 5.66. The van der Waals surface area contributed by atoms with Crippen molar-refractivity contribution < 1.29 is 14.6 Å². The van der Waals surface area contributed by atoms with Crippen LogP contribution in [0, 0.1) is 0 Å². The molecule has 1 N–H and O–H groups in total. The number of hydrogen-bond acceptors (Lipinski definition) is 2. The van der Waals surface area contributed by atoms with Crippen LogP contribution in [-0.2, 0) is 4.79 Å². The second-order valence-corrected chi connectivity index (χ2v) is 4.18. The minimum atomic E-state index is -0.670. The zero-order valence-corrected chi connectivity index (χ0v) is 12.6. The van der Waals surface area contributed by atoms with Crippen molar-refractivity contribution in [2.75, 3.05) is 19.6 Å². The monoisotopic (exact) mass is 265 g/mol. The number of aliphatic carboxylic acids is 1. The number of carboxylic acids is 1. The van der Waals surface area contributed by atoms with Gasteiger partial charge >= 0.3 is 5.97 Å². The molecule has 0 rings (SSSR count). The van der Waals surface area contributed by atoms with Gasteiger partial charge in [-0.05, 0) is 26.1 Å². The van der Waals surface area contributed by atoms with Gasteiger partial charge in [0.25, 0.3) is 0 Å². The highest BCUT2D eigenvalue weighted by Crippen LogP contribution is 2.04. The molecule has 0 spiro atoms. The summed E-state index contributed by atoms with van der Waals surface area (Å²) in [7, 11) is 0. The van der Waals surface area contributed by atoms with Crippen molar-refractivity contribution in [2.45, 2.75) is 66.2 Å². The molecule has 0 amide bonds. The van der Waals surface area contributed by atoms with Crippen molar-refractivity contribution in [3.05, 3.63) is 0 Å². The predicted molar refractivity (Wildman–Crippen MR) is 77.0 cm³/mol. The molecule has 0 heterocycles. The Morgan fingerprint density at radius 2 is 1.33 bits per heavy atom. The Balaban J connectivity index is -0.000000251. The molecular weight excluding hydrogens is 233 g/mol. The van der Waals surface area contributed by atoms with Crippen LogP contribution in [0.15, 0.2) is 0 Å². The molecule has 0 saturated carbocycles. The number of unbranched alkanes of at least 4 members (excludes halogenated alkanes) is 4. The predicted octanol–water partition coefficient (Wildman–Crippen LogP) is 3.93. The van der Waals surface area contributed by atoms with Gasteiger partial charge in [0.05, 0.1) is 0 Å². The SMILES string of the molecule is CCCCCCCC(=O)O.CCN(CC)CC.F. The molecule has 0 fully saturated rings. The van der Waals surface area contributed by atoms with E-state index in [2.05, 4.69) is 32.6 Å². The minimum Gasteiger partial charge on any atom is -0.481 e. The molecule has 112 valence electrons. The van der Waals surface area contributed by atoms with E-state index in [0.717, 1.165) is 12.8 Å². The number of hydrogen-bond donors (Lipinski definition) is 1. The van der Waals surface area contributed by atoms with Crippen LogP contribution in [0.1, 0.15) is 66.2 Å². The first-order valence-corrected chi connectivity index (χ1v) is 7.06. The van der Waals surface area contributed by atoms with E-state index >= 15 is 0 Å². The number of halogens is 1. The van der Waals surface area contributed by atoms with Crippen LogP contribution in [0.2, 0.25) is 0 Å². The summed E-state index contributed by atoms with van der Waals surface area (Å²) in [5.41, 5.74) is 0. The van der Waals surface area contributed by atoms with E-state index in [1.54, 1.807) is 0 Å². The Kier molecular flexibility index (Phi) is 23.4. The van der Waals surface area contributed by atoms with Crippen molar-refractivity contribution in [1.82, 2.24) is 4.90 Å². The molecule has 0 saturated heterocycles. The molecular formula is C14H32FNO2. The van der Waals surface area contributed by atoms with Gasteiger partial charge in [0.1, 0.15) is 0 Å². The van der Waals surface area contributed by atoms with Crippen molar-refractivity contribution in [3.8, 4) is 0 Å². The lowest BCUT2D eigenvalue weighted by Gasteiger charge is -2.13. The lowest BCUT2D eigenvalue weighted by atomic mass is 10.1. The van der Waals surface area contributed by atoms with Gasteiger partial charge in [0.2, 0.25) is 0 Å². The van der Waals surface area contributed by atoms with Crippen LogP contribution in [-0.4, -0.2) is 35.6 Å². The topological polar surface area (TPSA) is 40.5 Å². The standard InChI is InChI=1S/C8H16O2.C6H15N.FH/c1-2-3-4-5-6-7-8(9)10;1-4-7(5-2)6-3;/h2-7H2,1H3,(H,9,10);4-6H2,1-3H3;1H. The molecule has 0 unspecified atom stereocenters. The number of rotatable bonds is 9. The van der Waals surface area contributed by atoms with E-state index < -0.39 is 5.97 Å². The molecule has 0 aromatic rings. The number of nitrogens with zero attached hydrogens (tertiary/aromatic N) is 1. The maximum Gasteiger partial charge on any atom is 0.303 e. The highest BCUT2D eigenvalue weighted by atomic mass is 19.0. The quantitative estimate of drug-likeness (QED) is 0.642.